The molecule has 0 fully saturated rings. The summed E-state index contributed by atoms with van der Waals surface area (Å²) in [7, 11) is 0. The Kier molecular flexibility index (Phi) is 4.54. The molecular weight excluding hydrogens is 355 g/mol. The Hall–Kier alpha value is -1.19. The van der Waals surface area contributed by atoms with Crippen molar-refractivity contribution >= 4 is 33.3 Å². The summed E-state index contributed by atoms with van der Waals surface area (Å²) in [6, 6.07) is 9.85. The topological polar surface area (TPSA) is 17.1 Å². The van der Waals surface area contributed by atoms with E-state index in [4.69, 9.17) is 11.6 Å². The van der Waals surface area contributed by atoms with Crippen LogP contribution in [0.5, 0.6) is 0 Å². The highest BCUT2D eigenvalue weighted by molar-refractivity contribution is 9.10. The van der Waals surface area contributed by atoms with Gasteiger partial charge in [0.15, 0.2) is 5.78 Å². The molecule has 0 aliphatic heterocycles. The molecule has 2 rings (SSSR count). The summed E-state index contributed by atoms with van der Waals surface area (Å²) in [4.78, 5) is 12.7. The summed E-state index contributed by atoms with van der Waals surface area (Å²) in [5.74, 6) is -0.938. The lowest BCUT2D eigenvalue weighted by Gasteiger charge is -2.22. The van der Waals surface area contributed by atoms with Crippen molar-refractivity contribution in [3.05, 3.63) is 68.4 Å². The van der Waals surface area contributed by atoms with Crippen LogP contribution in [0.15, 0.2) is 40.9 Å². The van der Waals surface area contributed by atoms with Crippen molar-refractivity contribution in [1.82, 2.24) is 0 Å². The van der Waals surface area contributed by atoms with Gasteiger partial charge >= 0.3 is 0 Å². The SMILES string of the molecule is CC(C)(C)c1ccccc1C(=O)c1cc(Cl)c(Br)cc1F. The lowest BCUT2D eigenvalue weighted by atomic mass is 9.82. The Morgan fingerprint density at radius 3 is 2.38 bits per heavy atom. The number of carbonyl (C=O) groups excluding carboxylic acids is 1. The van der Waals surface area contributed by atoms with Crippen LogP contribution in [-0.2, 0) is 5.41 Å². The first-order valence-corrected chi connectivity index (χ1v) is 7.67. The highest BCUT2D eigenvalue weighted by Gasteiger charge is 2.24. The van der Waals surface area contributed by atoms with E-state index in [1.807, 2.05) is 32.9 Å². The van der Waals surface area contributed by atoms with Crippen LogP contribution in [0.4, 0.5) is 4.39 Å². The molecular formula is C17H15BrClFO. The predicted molar refractivity (Wildman–Crippen MR) is 87.7 cm³/mol. The molecule has 0 aromatic heterocycles. The van der Waals surface area contributed by atoms with Crippen LogP contribution in [0, 0.1) is 5.82 Å². The Balaban J connectivity index is 2.59. The number of benzene rings is 2. The van der Waals surface area contributed by atoms with E-state index >= 15 is 0 Å². The summed E-state index contributed by atoms with van der Waals surface area (Å²) >= 11 is 9.13. The molecule has 0 radical (unpaired) electrons. The number of rotatable bonds is 2. The monoisotopic (exact) mass is 368 g/mol. The van der Waals surface area contributed by atoms with Gasteiger partial charge in [-0.25, -0.2) is 4.39 Å². The zero-order valence-corrected chi connectivity index (χ0v) is 14.3. The average Bonchev–Trinajstić information content (AvgIpc) is 2.41. The van der Waals surface area contributed by atoms with Crippen molar-refractivity contribution in [2.45, 2.75) is 26.2 Å². The Bertz CT molecular complexity index is 704. The van der Waals surface area contributed by atoms with Crippen molar-refractivity contribution < 1.29 is 9.18 Å². The number of carbonyl (C=O) groups is 1. The zero-order valence-electron chi connectivity index (χ0n) is 12.0. The van der Waals surface area contributed by atoms with E-state index in [1.165, 1.54) is 12.1 Å². The normalized spacial score (nSPS) is 11.5. The Labute approximate surface area is 137 Å². The van der Waals surface area contributed by atoms with Gasteiger partial charge in [-0.05, 0) is 39.0 Å². The Morgan fingerprint density at radius 2 is 1.76 bits per heavy atom. The van der Waals surface area contributed by atoms with Crippen molar-refractivity contribution in [1.29, 1.82) is 0 Å². The highest BCUT2D eigenvalue weighted by Crippen LogP contribution is 2.30. The summed E-state index contributed by atoms with van der Waals surface area (Å²) < 4.78 is 14.5. The van der Waals surface area contributed by atoms with Gasteiger partial charge in [0.05, 0.1) is 10.6 Å². The molecule has 4 heteroatoms. The largest absolute Gasteiger partial charge is 0.288 e. The second kappa shape index (κ2) is 5.90. The van der Waals surface area contributed by atoms with Crippen LogP contribution in [0.25, 0.3) is 0 Å². The summed E-state index contributed by atoms with van der Waals surface area (Å²) in [5, 5.41) is 0.313. The molecule has 2 aromatic carbocycles. The molecule has 0 aliphatic carbocycles. The van der Waals surface area contributed by atoms with Gasteiger partial charge in [-0.1, -0.05) is 56.6 Å². The molecule has 0 N–H and O–H groups in total. The van der Waals surface area contributed by atoms with Crippen LogP contribution < -0.4 is 0 Å². The quantitative estimate of drug-likeness (QED) is 0.485. The second-order valence-electron chi connectivity index (χ2n) is 5.87. The minimum absolute atomic E-state index is 0.0140. The number of hydrogen-bond acceptors (Lipinski definition) is 1. The third kappa shape index (κ3) is 3.35. The van der Waals surface area contributed by atoms with Crippen molar-refractivity contribution in [2.75, 3.05) is 0 Å². The highest BCUT2D eigenvalue weighted by atomic mass is 79.9. The van der Waals surface area contributed by atoms with Crippen molar-refractivity contribution in [3.8, 4) is 0 Å². The molecule has 0 unspecified atom stereocenters. The van der Waals surface area contributed by atoms with E-state index in [-0.39, 0.29) is 16.8 Å². The van der Waals surface area contributed by atoms with Crippen molar-refractivity contribution in [3.63, 3.8) is 0 Å². The van der Waals surface area contributed by atoms with Gasteiger partial charge in [-0.2, -0.15) is 0 Å². The predicted octanol–water partition coefficient (Wildman–Crippen LogP) is 5.77. The molecule has 0 saturated carbocycles. The van der Waals surface area contributed by atoms with Gasteiger partial charge in [0.25, 0.3) is 0 Å². The first-order valence-electron chi connectivity index (χ1n) is 6.50. The molecule has 2 aromatic rings. The van der Waals surface area contributed by atoms with Gasteiger partial charge in [0.2, 0.25) is 0 Å². The molecule has 0 amide bonds. The standard InChI is InChI=1S/C17H15BrClFO/c1-17(2,3)12-7-5-4-6-10(12)16(21)11-8-14(19)13(18)9-15(11)20/h4-9H,1-3H3. The first-order chi connectivity index (χ1) is 9.71. The van der Waals surface area contributed by atoms with Gasteiger partial charge in [0, 0.05) is 10.0 Å². The summed E-state index contributed by atoms with van der Waals surface area (Å²) in [6.07, 6.45) is 0. The zero-order chi connectivity index (χ0) is 15.8. The number of ketones is 1. The van der Waals surface area contributed by atoms with E-state index in [2.05, 4.69) is 15.9 Å². The molecule has 0 bridgehead atoms. The van der Waals surface area contributed by atoms with E-state index in [0.29, 0.717) is 15.1 Å². The second-order valence-corrected chi connectivity index (χ2v) is 7.13. The third-order valence-electron chi connectivity index (χ3n) is 3.23. The fourth-order valence-electron chi connectivity index (χ4n) is 2.18. The molecule has 0 saturated heterocycles. The maximum absolute atomic E-state index is 14.1. The molecule has 0 aliphatic rings. The molecule has 0 atom stereocenters. The first kappa shape index (κ1) is 16.2. The number of halogens is 3. The Morgan fingerprint density at radius 1 is 1.14 bits per heavy atom. The van der Waals surface area contributed by atoms with Crippen molar-refractivity contribution in [2.24, 2.45) is 0 Å². The lowest BCUT2D eigenvalue weighted by Crippen LogP contribution is -2.18. The maximum Gasteiger partial charge on any atom is 0.196 e. The molecule has 1 nitrogen and oxygen atoms in total. The van der Waals surface area contributed by atoms with Gasteiger partial charge in [0.1, 0.15) is 5.82 Å². The minimum Gasteiger partial charge on any atom is -0.288 e. The van der Waals surface area contributed by atoms with Crippen LogP contribution in [-0.4, -0.2) is 5.78 Å². The van der Waals surface area contributed by atoms with E-state index < -0.39 is 5.82 Å². The van der Waals surface area contributed by atoms with Crippen LogP contribution in [0.1, 0.15) is 42.3 Å². The molecule has 0 spiro atoms. The number of hydrogen-bond donors (Lipinski definition) is 0. The lowest BCUT2D eigenvalue weighted by molar-refractivity contribution is 0.103. The van der Waals surface area contributed by atoms with Gasteiger partial charge < -0.3 is 0 Å². The smallest absolute Gasteiger partial charge is 0.196 e. The summed E-state index contributed by atoms with van der Waals surface area (Å²) in [6.45, 7) is 6.05. The van der Waals surface area contributed by atoms with Crippen LogP contribution >= 0.6 is 27.5 Å². The van der Waals surface area contributed by atoms with Crippen LogP contribution in [0.2, 0.25) is 5.02 Å². The maximum atomic E-state index is 14.1. The van der Waals surface area contributed by atoms with Gasteiger partial charge in [-0.15, -0.1) is 0 Å². The minimum atomic E-state index is -0.583. The van der Waals surface area contributed by atoms with Crippen LogP contribution in [0.3, 0.4) is 0 Å². The third-order valence-corrected chi connectivity index (χ3v) is 4.43. The summed E-state index contributed by atoms with van der Waals surface area (Å²) in [5.41, 5.74) is 1.16. The average molecular weight is 370 g/mol. The van der Waals surface area contributed by atoms with E-state index in [9.17, 15) is 9.18 Å². The van der Waals surface area contributed by atoms with Gasteiger partial charge in [-0.3, -0.25) is 4.79 Å². The molecule has 0 heterocycles. The fraction of sp³-hybridized carbons (Fsp3) is 0.235. The molecule has 21 heavy (non-hydrogen) atoms. The van der Waals surface area contributed by atoms with E-state index in [0.717, 1.165) is 5.56 Å². The molecule has 110 valence electrons. The van der Waals surface area contributed by atoms with E-state index in [1.54, 1.807) is 12.1 Å². The fourth-order valence-corrected chi connectivity index (χ4v) is 2.66.